The first kappa shape index (κ1) is 9.99. The zero-order valence-electron chi connectivity index (χ0n) is 6.92. The Kier molecular flexibility index (Phi) is 5.22. The molecule has 1 fully saturated rings. The van der Waals surface area contributed by atoms with E-state index in [-0.39, 0.29) is 5.91 Å². The van der Waals surface area contributed by atoms with E-state index in [0.717, 1.165) is 26.6 Å². The topological polar surface area (TPSA) is 40.5 Å². The van der Waals surface area contributed by atoms with Crippen molar-refractivity contribution in [3.05, 3.63) is 0 Å². The minimum atomic E-state index is -0.0243. The summed E-state index contributed by atoms with van der Waals surface area (Å²) < 4.78 is 0. The van der Waals surface area contributed by atoms with Crippen molar-refractivity contribution in [3.8, 4) is 11.8 Å². The van der Waals surface area contributed by atoms with Crippen LogP contribution >= 0.6 is 0 Å². The van der Waals surface area contributed by atoms with E-state index in [4.69, 9.17) is 5.11 Å². The summed E-state index contributed by atoms with van der Waals surface area (Å²) in [6.07, 6.45) is 1.14. The number of aliphatic hydroxyl groups is 1. The van der Waals surface area contributed by atoms with E-state index in [9.17, 15) is 4.79 Å². The number of amides is 1. The van der Waals surface area contributed by atoms with Gasteiger partial charge in [0.05, 0.1) is 0 Å². The lowest BCUT2D eigenvalue weighted by atomic mass is 10.2. The highest BCUT2D eigenvalue weighted by Crippen LogP contribution is 2.04. The third-order valence-electron chi connectivity index (χ3n) is 1.38. The molecule has 0 aromatic heterocycles. The van der Waals surface area contributed by atoms with Crippen LogP contribution in [0.3, 0.4) is 0 Å². The molecule has 0 atom stereocenters. The molecule has 1 aliphatic heterocycles. The van der Waals surface area contributed by atoms with Gasteiger partial charge in [0, 0.05) is 20.2 Å². The third kappa shape index (κ3) is 3.06. The maximum Gasteiger partial charge on any atom is 0.298 e. The summed E-state index contributed by atoms with van der Waals surface area (Å²) in [6, 6.07) is 0. The lowest BCUT2D eigenvalue weighted by Gasteiger charge is -2.28. The lowest BCUT2D eigenvalue weighted by molar-refractivity contribution is -0.128. The molecule has 62 valence electrons. The molecule has 3 nitrogen and oxygen atoms in total. The number of hydrogen-bond donors (Lipinski definition) is 1. The quantitative estimate of drug-likeness (QED) is 0.494. The van der Waals surface area contributed by atoms with Crippen LogP contribution in [0, 0.1) is 11.8 Å². The standard InChI is InChI=1S/C7H9NO.CH4O/c1-2-4-7(9)8-5-3-6-8;1-2/h3,5-6H2,1H3;2H,1H3. The fourth-order valence-corrected chi connectivity index (χ4v) is 0.705. The average Bonchev–Trinajstić information content (AvgIpc) is 1.89. The highest BCUT2D eigenvalue weighted by molar-refractivity contribution is 5.93. The van der Waals surface area contributed by atoms with Crippen LogP contribution < -0.4 is 0 Å². The van der Waals surface area contributed by atoms with Gasteiger partial charge in [0.25, 0.3) is 5.91 Å². The summed E-state index contributed by atoms with van der Waals surface area (Å²) in [7, 11) is 1.00. The summed E-state index contributed by atoms with van der Waals surface area (Å²) in [5, 5.41) is 7.00. The molecule has 0 aromatic rings. The molecule has 3 heteroatoms. The molecule has 1 N–H and O–H groups in total. The first-order valence-electron chi connectivity index (χ1n) is 3.51. The van der Waals surface area contributed by atoms with Gasteiger partial charge in [-0.1, -0.05) is 5.92 Å². The number of carbonyl (C=O) groups is 1. The van der Waals surface area contributed by atoms with Crippen LogP contribution in [0.4, 0.5) is 0 Å². The second-order valence-electron chi connectivity index (χ2n) is 2.02. The Morgan fingerprint density at radius 1 is 1.45 bits per heavy atom. The molecule has 1 saturated heterocycles. The number of rotatable bonds is 0. The Morgan fingerprint density at radius 3 is 2.27 bits per heavy atom. The average molecular weight is 155 g/mol. The molecule has 1 amide bonds. The molecule has 0 aliphatic carbocycles. The van der Waals surface area contributed by atoms with Crippen molar-refractivity contribution < 1.29 is 9.90 Å². The zero-order chi connectivity index (χ0) is 8.69. The molecule has 1 rings (SSSR count). The second-order valence-corrected chi connectivity index (χ2v) is 2.02. The van der Waals surface area contributed by atoms with Crippen LogP contribution in [-0.2, 0) is 4.79 Å². The van der Waals surface area contributed by atoms with Gasteiger partial charge in [-0.25, -0.2) is 0 Å². The summed E-state index contributed by atoms with van der Waals surface area (Å²) in [5.41, 5.74) is 0. The van der Waals surface area contributed by atoms with E-state index in [1.165, 1.54) is 0 Å². The third-order valence-corrected chi connectivity index (χ3v) is 1.38. The summed E-state index contributed by atoms with van der Waals surface area (Å²) in [4.78, 5) is 12.5. The van der Waals surface area contributed by atoms with E-state index in [1.54, 1.807) is 11.8 Å². The largest absolute Gasteiger partial charge is 0.400 e. The fraction of sp³-hybridized carbons (Fsp3) is 0.625. The van der Waals surface area contributed by atoms with Gasteiger partial charge in [0.15, 0.2) is 0 Å². The predicted octanol–water partition coefficient (Wildman–Crippen LogP) is -0.150. The van der Waals surface area contributed by atoms with Crippen LogP contribution in [0.15, 0.2) is 0 Å². The number of hydrogen-bond acceptors (Lipinski definition) is 2. The Labute approximate surface area is 67.0 Å². The van der Waals surface area contributed by atoms with Crippen molar-refractivity contribution in [1.82, 2.24) is 4.90 Å². The molecule has 0 radical (unpaired) electrons. The normalized spacial score (nSPS) is 13.2. The van der Waals surface area contributed by atoms with E-state index in [2.05, 4.69) is 11.8 Å². The number of carbonyl (C=O) groups excluding carboxylic acids is 1. The van der Waals surface area contributed by atoms with Crippen molar-refractivity contribution in [2.24, 2.45) is 0 Å². The minimum Gasteiger partial charge on any atom is -0.400 e. The molecule has 0 aromatic carbocycles. The Hall–Kier alpha value is -1.01. The molecule has 0 spiro atoms. The first-order chi connectivity index (χ1) is 5.34. The zero-order valence-corrected chi connectivity index (χ0v) is 6.92. The Bertz CT molecular complexity index is 174. The SMILES string of the molecule is CC#CC(=O)N1CCC1.CO. The van der Waals surface area contributed by atoms with E-state index in [0.29, 0.717) is 0 Å². The molecule has 11 heavy (non-hydrogen) atoms. The molecule has 0 saturated carbocycles. The summed E-state index contributed by atoms with van der Waals surface area (Å²) in [6.45, 7) is 3.47. The van der Waals surface area contributed by atoms with E-state index < -0.39 is 0 Å². The minimum absolute atomic E-state index is 0.0243. The van der Waals surface area contributed by atoms with Gasteiger partial charge in [-0.05, 0) is 19.3 Å². The van der Waals surface area contributed by atoms with Crippen LogP contribution in [0.1, 0.15) is 13.3 Å². The maximum atomic E-state index is 10.8. The number of likely N-dealkylation sites (tertiary alicyclic amines) is 1. The smallest absolute Gasteiger partial charge is 0.298 e. The van der Waals surface area contributed by atoms with Crippen molar-refractivity contribution in [1.29, 1.82) is 0 Å². The van der Waals surface area contributed by atoms with Crippen molar-refractivity contribution in [3.63, 3.8) is 0 Å². The lowest BCUT2D eigenvalue weighted by Crippen LogP contribution is -2.41. The molecular formula is C8H13NO2. The molecular weight excluding hydrogens is 142 g/mol. The summed E-state index contributed by atoms with van der Waals surface area (Å²) in [5.74, 6) is 5.04. The van der Waals surface area contributed by atoms with Crippen molar-refractivity contribution in [2.75, 3.05) is 20.2 Å². The maximum absolute atomic E-state index is 10.8. The molecule has 0 unspecified atom stereocenters. The van der Waals surface area contributed by atoms with Gasteiger partial charge in [0.1, 0.15) is 0 Å². The highest BCUT2D eigenvalue weighted by Gasteiger charge is 2.17. The fourth-order valence-electron chi connectivity index (χ4n) is 0.705. The Balaban J connectivity index is 0.000000461. The molecule has 1 aliphatic rings. The van der Waals surface area contributed by atoms with Gasteiger partial charge in [0.2, 0.25) is 0 Å². The monoisotopic (exact) mass is 155 g/mol. The predicted molar refractivity (Wildman–Crippen MR) is 42.8 cm³/mol. The van der Waals surface area contributed by atoms with Crippen LogP contribution in [0.25, 0.3) is 0 Å². The van der Waals surface area contributed by atoms with Crippen LogP contribution in [0.5, 0.6) is 0 Å². The first-order valence-corrected chi connectivity index (χ1v) is 3.51. The molecule has 1 heterocycles. The number of aliphatic hydroxyl groups excluding tert-OH is 1. The van der Waals surface area contributed by atoms with Gasteiger partial charge in [-0.2, -0.15) is 0 Å². The number of nitrogens with zero attached hydrogens (tertiary/aromatic N) is 1. The summed E-state index contributed by atoms with van der Waals surface area (Å²) >= 11 is 0. The van der Waals surface area contributed by atoms with Gasteiger partial charge >= 0.3 is 0 Å². The van der Waals surface area contributed by atoms with Crippen molar-refractivity contribution in [2.45, 2.75) is 13.3 Å². The Morgan fingerprint density at radius 2 is 2.00 bits per heavy atom. The van der Waals surface area contributed by atoms with E-state index in [1.807, 2.05) is 0 Å². The molecule has 0 bridgehead atoms. The van der Waals surface area contributed by atoms with Gasteiger partial charge < -0.3 is 10.0 Å². The van der Waals surface area contributed by atoms with E-state index >= 15 is 0 Å². The van der Waals surface area contributed by atoms with Crippen LogP contribution in [-0.4, -0.2) is 36.1 Å². The van der Waals surface area contributed by atoms with Crippen molar-refractivity contribution >= 4 is 5.91 Å². The second kappa shape index (κ2) is 5.75. The van der Waals surface area contributed by atoms with Gasteiger partial charge in [-0.3, -0.25) is 4.79 Å². The van der Waals surface area contributed by atoms with Crippen LogP contribution in [0.2, 0.25) is 0 Å². The van der Waals surface area contributed by atoms with Gasteiger partial charge in [-0.15, -0.1) is 0 Å². The highest BCUT2D eigenvalue weighted by atomic mass is 16.2.